The second-order valence-corrected chi connectivity index (χ2v) is 10.1. The first kappa shape index (κ1) is 18.6. The number of imidazole rings is 1. The van der Waals surface area contributed by atoms with Crippen molar-refractivity contribution in [2.24, 2.45) is 7.05 Å². The van der Waals surface area contributed by atoms with Crippen LogP contribution in [0.4, 0.5) is 0 Å². The van der Waals surface area contributed by atoms with Crippen LogP contribution in [0, 0.1) is 11.3 Å². The lowest BCUT2D eigenvalue weighted by atomic mass is 10.2. The minimum atomic E-state index is -3.84. The van der Waals surface area contributed by atoms with Crippen LogP contribution in [-0.2, 0) is 26.9 Å². The molecule has 26 heavy (non-hydrogen) atoms. The van der Waals surface area contributed by atoms with Gasteiger partial charge in [-0.25, -0.2) is 21.8 Å². The Morgan fingerprint density at radius 1 is 1.15 bits per heavy atom. The van der Waals surface area contributed by atoms with E-state index in [1.807, 2.05) is 6.07 Å². The summed E-state index contributed by atoms with van der Waals surface area (Å²) in [6.07, 6.45) is 3.35. The Hall–Kier alpha value is -2.22. The summed E-state index contributed by atoms with van der Waals surface area (Å²) >= 11 is 0. The van der Waals surface area contributed by atoms with Gasteiger partial charge in [0.25, 0.3) is 0 Å². The summed E-state index contributed by atoms with van der Waals surface area (Å²) in [6.45, 7) is 0.160. The van der Waals surface area contributed by atoms with E-state index in [9.17, 15) is 16.8 Å². The number of nitriles is 1. The second kappa shape index (κ2) is 6.83. The number of hydrogen-bond donors (Lipinski definition) is 0. The van der Waals surface area contributed by atoms with Crippen LogP contribution in [0.25, 0.3) is 0 Å². The molecule has 0 aliphatic carbocycles. The van der Waals surface area contributed by atoms with Crippen molar-refractivity contribution in [2.45, 2.75) is 28.1 Å². The summed E-state index contributed by atoms with van der Waals surface area (Å²) in [4.78, 5) is 3.86. The van der Waals surface area contributed by atoms with Gasteiger partial charge in [0.1, 0.15) is 6.07 Å². The fraction of sp³-hybridized carbons (Fsp3) is 0.375. The molecular weight excluding hydrogens is 376 g/mol. The van der Waals surface area contributed by atoms with Gasteiger partial charge in [-0.15, -0.1) is 0 Å². The molecule has 1 aliphatic rings. The highest BCUT2D eigenvalue weighted by Crippen LogP contribution is 2.28. The summed E-state index contributed by atoms with van der Waals surface area (Å²) in [5.74, 6) is 0. The fourth-order valence-corrected chi connectivity index (χ4v) is 6.49. The molecule has 0 bridgehead atoms. The predicted octanol–water partition coefficient (Wildman–Crippen LogP) is 0.919. The molecule has 10 heteroatoms. The Labute approximate surface area is 152 Å². The van der Waals surface area contributed by atoms with Gasteiger partial charge < -0.3 is 4.57 Å². The highest BCUT2D eigenvalue weighted by Gasteiger charge is 2.37. The third kappa shape index (κ3) is 3.13. The predicted molar refractivity (Wildman–Crippen MR) is 93.3 cm³/mol. The lowest BCUT2D eigenvalue weighted by Gasteiger charge is -2.30. The number of benzene rings is 1. The van der Waals surface area contributed by atoms with Crippen LogP contribution >= 0.6 is 0 Å². The quantitative estimate of drug-likeness (QED) is 0.762. The summed E-state index contributed by atoms with van der Waals surface area (Å²) in [6, 6.07) is 7.89. The number of aryl methyl sites for hydroxylation is 1. The Bertz CT molecular complexity index is 1060. The van der Waals surface area contributed by atoms with E-state index >= 15 is 0 Å². The third-order valence-electron chi connectivity index (χ3n) is 4.50. The van der Waals surface area contributed by atoms with E-state index in [1.54, 1.807) is 25.4 Å². The average molecular weight is 394 g/mol. The SMILES string of the molecule is Cn1ccnc1S(=O)(=O)C1CCN(S(=O)(=O)c2ccccc2C#N)CC1. The zero-order valence-corrected chi connectivity index (χ0v) is 15.7. The first-order valence-electron chi connectivity index (χ1n) is 7.99. The van der Waals surface area contributed by atoms with Crippen LogP contribution in [0.2, 0.25) is 0 Å². The Balaban J connectivity index is 1.81. The maximum atomic E-state index is 12.8. The molecule has 0 spiro atoms. The van der Waals surface area contributed by atoms with E-state index in [0.29, 0.717) is 0 Å². The molecule has 0 atom stereocenters. The summed E-state index contributed by atoms with van der Waals surface area (Å²) in [5, 5.41) is 8.45. The molecule has 1 fully saturated rings. The number of aromatic nitrogens is 2. The molecule has 0 N–H and O–H groups in total. The molecule has 0 saturated carbocycles. The number of sulfonamides is 1. The Kier molecular flexibility index (Phi) is 4.88. The van der Waals surface area contributed by atoms with E-state index < -0.39 is 25.1 Å². The van der Waals surface area contributed by atoms with Gasteiger partial charge >= 0.3 is 0 Å². The van der Waals surface area contributed by atoms with Crippen molar-refractivity contribution >= 4 is 19.9 Å². The van der Waals surface area contributed by atoms with E-state index in [1.165, 1.54) is 27.2 Å². The van der Waals surface area contributed by atoms with E-state index in [4.69, 9.17) is 5.26 Å². The van der Waals surface area contributed by atoms with E-state index in [-0.39, 0.29) is 41.5 Å². The topological polar surface area (TPSA) is 113 Å². The van der Waals surface area contributed by atoms with Crippen molar-refractivity contribution in [3.8, 4) is 6.07 Å². The van der Waals surface area contributed by atoms with E-state index in [2.05, 4.69) is 4.98 Å². The van der Waals surface area contributed by atoms with Crippen molar-refractivity contribution in [2.75, 3.05) is 13.1 Å². The van der Waals surface area contributed by atoms with Crippen LogP contribution in [-0.4, -0.2) is 49.0 Å². The molecule has 8 nitrogen and oxygen atoms in total. The van der Waals surface area contributed by atoms with Crippen molar-refractivity contribution in [3.05, 3.63) is 42.2 Å². The second-order valence-electron chi connectivity index (χ2n) is 6.08. The highest BCUT2D eigenvalue weighted by molar-refractivity contribution is 7.92. The van der Waals surface area contributed by atoms with Gasteiger partial charge in [-0.1, -0.05) is 12.1 Å². The molecular formula is C16H18N4O4S2. The largest absolute Gasteiger partial charge is 0.325 e. The first-order valence-corrected chi connectivity index (χ1v) is 11.0. The normalized spacial score (nSPS) is 17.1. The third-order valence-corrected chi connectivity index (χ3v) is 8.70. The number of hydrogen-bond acceptors (Lipinski definition) is 6. The van der Waals surface area contributed by atoms with Crippen LogP contribution in [0.3, 0.4) is 0 Å². The van der Waals surface area contributed by atoms with Crippen LogP contribution in [0.15, 0.2) is 46.7 Å². The van der Waals surface area contributed by atoms with Crippen molar-refractivity contribution in [3.63, 3.8) is 0 Å². The highest BCUT2D eigenvalue weighted by atomic mass is 32.2. The zero-order chi connectivity index (χ0) is 18.9. The van der Waals surface area contributed by atoms with Gasteiger partial charge in [-0.2, -0.15) is 9.57 Å². The molecule has 138 valence electrons. The Morgan fingerprint density at radius 3 is 2.38 bits per heavy atom. The fourth-order valence-electron chi connectivity index (χ4n) is 3.08. The van der Waals surface area contributed by atoms with E-state index in [0.717, 1.165) is 0 Å². The lowest BCUT2D eigenvalue weighted by molar-refractivity contribution is 0.344. The van der Waals surface area contributed by atoms with Crippen molar-refractivity contribution < 1.29 is 16.8 Å². The lowest BCUT2D eigenvalue weighted by Crippen LogP contribution is -2.43. The van der Waals surface area contributed by atoms with Gasteiger partial charge in [0.2, 0.25) is 25.0 Å². The summed E-state index contributed by atoms with van der Waals surface area (Å²) in [5.41, 5.74) is 0.0789. The molecule has 1 aromatic heterocycles. The molecule has 2 aromatic rings. The monoisotopic (exact) mass is 394 g/mol. The van der Waals surface area contributed by atoms with Gasteiger partial charge in [-0.05, 0) is 25.0 Å². The number of nitrogens with zero attached hydrogens (tertiary/aromatic N) is 4. The molecule has 2 heterocycles. The van der Waals surface area contributed by atoms with Crippen LogP contribution in [0.5, 0.6) is 0 Å². The minimum absolute atomic E-state index is 0.00590. The molecule has 3 rings (SSSR count). The van der Waals surface area contributed by atoms with Gasteiger partial charge in [-0.3, -0.25) is 0 Å². The number of rotatable bonds is 4. The molecule has 0 amide bonds. The number of sulfone groups is 1. The van der Waals surface area contributed by atoms with Crippen LogP contribution in [0.1, 0.15) is 18.4 Å². The van der Waals surface area contributed by atoms with Crippen molar-refractivity contribution in [1.82, 2.24) is 13.9 Å². The summed E-state index contributed by atoms with van der Waals surface area (Å²) in [7, 11) is -5.85. The standard InChI is InChI=1S/C16H18N4O4S2/c1-19-11-8-18-16(19)25(21,22)14-6-9-20(10-7-14)26(23,24)15-5-3-2-4-13(15)12-17/h2-5,8,11,14H,6-7,9-10H2,1H3. The number of piperidine rings is 1. The molecule has 0 radical (unpaired) electrons. The maximum Gasteiger partial charge on any atom is 0.244 e. The van der Waals surface area contributed by atoms with Gasteiger partial charge in [0.05, 0.1) is 15.7 Å². The molecule has 1 aromatic carbocycles. The average Bonchev–Trinajstić information content (AvgIpc) is 3.08. The first-order chi connectivity index (χ1) is 12.3. The molecule has 1 aliphatic heterocycles. The van der Waals surface area contributed by atoms with Gasteiger partial charge in [0, 0.05) is 32.5 Å². The van der Waals surface area contributed by atoms with Crippen LogP contribution < -0.4 is 0 Å². The Morgan fingerprint density at radius 2 is 1.81 bits per heavy atom. The minimum Gasteiger partial charge on any atom is -0.325 e. The maximum absolute atomic E-state index is 12.8. The summed E-state index contributed by atoms with van der Waals surface area (Å²) < 4.78 is 53.7. The van der Waals surface area contributed by atoms with Crippen molar-refractivity contribution in [1.29, 1.82) is 5.26 Å². The zero-order valence-electron chi connectivity index (χ0n) is 14.1. The molecule has 1 saturated heterocycles. The molecule has 0 unspecified atom stereocenters. The van der Waals surface area contributed by atoms with Gasteiger partial charge in [0.15, 0.2) is 0 Å². The smallest absolute Gasteiger partial charge is 0.244 e.